The second-order valence-corrected chi connectivity index (χ2v) is 13.6. The zero-order chi connectivity index (χ0) is 32.3. The Labute approximate surface area is 266 Å². The van der Waals surface area contributed by atoms with Crippen molar-refractivity contribution in [3.63, 3.8) is 0 Å². The van der Waals surface area contributed by atoms with E-state index in [1.807, 2.05) is 44.0 Å². The lowest BCUT2D eigenvalue weighted by molar-refractivity contribution is 0.551. The number of rotatable bonds is 9. The molecule has 0 bridgehead atoms. The van der Waals surface area contributed by atoms with Crippen molar-refractivity contribution in [2.24, 2.45) is 4.99 Å². The smallest absolute Gasteiger partial charge is 0.236 e. The molecule has 0 N–H and O–H groups in total. The summed E-state index contributed by atoms with van der Waals surface area (Å²) in [6, 6.07) is 10.1. The lowest BCUT2D eigenvalue weighted by atomic mass is 10.1. The van der Waals surface area contributed by atoms with Gasteiger partial charge >= 0.3 is 0 Å². The van der Waals surface area contributed by atoms with Crippen LogP contribution in [0.25, 0.3) is 22.5 Å². The molecule has 5 rings (SSSR count). The van der Waals surface area contributed by atoms with Gasteiger partial charge < -0.3 is 4.90 Å². The number of fused-ring (bicyclic) bond motifs is 1. The van der Waals surface area contributed by atoms with Gasteiger partial charge in [0, 0.05) is 36.6 Å². The molecule has 0 spiro atoms. The van der Waals surface area contributed by atoms with Crippen LogP contribution in [0.1, 0.15) is 63.7 Å². The number of benzene rings is 1. The molecule has 45 heavy (non-hydrogen) atoms. The van der Waals surface area contributed by atoms with Gasteiger partial charge in [-0.25, -0.2) is 32.3 Å². The first-order valence-electron chi connectivity index (χ1n) is 14.8. The van der Waals surface area contributed by atoms with Gasteiger partial charge in [0.05, 0.1) is 17.1 Å². The summed E-state index contributed by atoms with van der Waals surface area (Å²) in [5.74, 6) is 0.183. The van der Waals surface area contributed by atoms with Crippen LogP contribution in [0.15, 0.2) is 59.4 Å². The summed E-state index contributed by atoms with van der Waals surface area (Å²) in [6.45, 7) is 10.8. The first kappa shape index (κ1) is 32.0. The Bertz CT molecular complexity index is 1970. The molecule has 0 aliphatic carbocycles. The highest BCUT2D eigenvalue weighted by atomic mass is 32.2. The number of hydrogen-bond donors (Lipinski definition) is 0. The highest BCUT2D eigenvalue weighted by molar-refractivity contribution is 7.89. The molecule has 0 radical (unpaired) electrons. The van der Waals surface area contributed by atoms with E-state index in [0.29, 0.717) is 64.4 Å². The number of allylic oxidation sites excluding steroid dienone is 3. The van der Waals surface area contributed by atoms with Gasteiger partial charge in [-0.3, -0.25) is 4.31 Å². The number of aliphatic imine (C=N–C) groups is 1. The first-order chi connectivity index (χ1) is 21.6. The van der Waals surface area contributed by atoms with Crippen LogP contribution in [0.3, 0.4) is 0 Å². The topological polar surface area (TPSA) is 120 Å². The molecule has 4 heterocycles. The van der Waals surface area contributed by atoms with Crippen molar-refractivity contribution in [2.45, 2.75) is 53.9 Å². The number of aromatic nitrogens is 4. The number of nitriles is 1. The third-order valence-corrected chi connectivity index (χ3v) is 10.5. The van der Waals surface area contributed by atoms with Crippen LogP contribution in [0.4, 0.5) is 15.2 Å². The minimum Gasteiger partial charge on any atom is -0.313 e. The third-order valence-electron chi connectivity index (χ3n) is 7.62. The summed E-state index contributed by atoms with van der Waals surface area (Å²) in [4.78, 5) is 16.9. The van der Waals surface area contributed by atoms with Gasteiger partial charge in [-0.1, -0.05) is 36.8 Å². The van der Waals surface area contributed by atoms with Crippen LogP contribution >= 0.6 is 11.3 Å². The predicted octanol–water partition coefficient (Wildman–Crippen LogP) is 6.74. The average Bonchev–Trinajstić information content (AvgIpc) is 3.74. The SMILES string of the molecule is CC/C(C)=C\C(=C/N=C(C)N1CCCS1(=O)=O)c1ccn2nc(CC)c(N(CC)c3nc(-c4ccc(F)cc4)c(C#N)s3)c2n1. The quantitative estimate of drug-likeness (QED) is 0.112. The Kier molecular flexibility index (Phi) is 9.45. The van der Waals surface area contributed by atoms with Crippen LogP contribution in [0.5, 0.6) is 0 Å². The molecule has 4 aromatic rings. The summed E-state index contributed by atoms with van der Waals surface area (Å²) in [5.41, 5.74) is 5.87. The largest absolute Gasteiger partial charge is 0.313 e. The number of thiazole rings is 1. The van der Waals surface area contributed by atoms with Crippen molar-refractivity contribution in [2.75, 3.05) is 23.7 Å². The zero-order valence-electron chi connectivity index (χ0n) is 26.0. The highest BCUT2D eigenvalue weighted by Gasteiger charge is 2.29. The fourth-order valence-corrected chi connectivity index (χ4v) is 7.63. The first-order valence-corrected chi connectivity index (χ1v) is 17.3. The van der Waals surface area contributed by atoms with Crippen molar-refractivity contribution in [1.82, 2.24) is 23.9 Å². The summed E-state index contributed by atoms with van der Waals surface area (Å²) >= 11 is 1.26. The summed E-state index contributed by atoms with van der Waals surface area (Å²) in [6.07, 6.45) is 7.58. The van der Waals surface area contributed by atoms with E-state index in [1.165, 1.54) is 27.8 Å². The van der Waals surface area contributed by atoms with Crippen LogP contribution < -0.4 is 4.90 Å². The normalized spacial score (nSPS) is 15.6. The number of anilines is 2. The molecular weight excluding hydrogens is 612 g/mol. The molecule has 0 unspecified atom stereocenters. The van der Waals surface area contributed by atoms with E-state index < -0.39 is 10.0 Å². The van der Waals surface area contributed by atoms with Crippen molar-refractivity contribution >= 4 is 49.2 Å². The molecule has 1 aliphatic rings. The standard InChI is InChI=1S/C32H35FN8O2S2/c1-6-21(4)18-24(20-35-22(5)41-15-9-17-45(41,42)43)27-14-16-40-31(36-27)30(26(7-2)38-40)39(8-3)32-37-29(28(19-34)44-32)23-10-12-25(33)13-11-23/h10-14,16,18,20H,6-9,15,17H2,1-5H3/b21-18-,24-20+,35-22?. The molecule has 0 amide bonds. The van der Waals surface area contributed by atoms with Gasteiger partial charge in [-0.05, 0) is 70.4 Å². The Morgan fingerprint density at radius 2 is 1.93 bits per heavy atom. The number of sulfonamides is 1. The fraction of sp³-hybridized carbons (Fsp3) is 0.344. The molecule has 1 aromatic carbocycles. The van der Waals surface area contributed by atoms with Crippen molar-refractivity contribution in [1.29, 1.82) is 5.26 Å². The minimum absolute atomic E-state index is 0.127. The van der Waals surface area contributed by atoms with Crippen LogP contribution in [-0.4, -0.2) is 57.0 Å². The number of nitrogens with zero attached hydrogens (tertiary/aromatic N) is 8. The number of aryl methyl sites for hydroxylation is 1. The molecule has 1 aliphatic heterocycles. The van der Waals surface area contributed by atoms with Gasteiger partial charge in [-0.2, -0.15) is 10.4 Å². The van der Waals surface area contributed by atoms with Gasteiger partial charge in [0.25, 0.3) is 0 Å². The second-order valence-electron chi connectivity index (χ2n) is 10.6. The van der Waals surface area contributed by atoms with Crippen molar-refractivity contribution < 1.29 is 12.8 Å². The second kappa shape index (κ2) is 13.3. The maximum Gasteiger partial charge on any atom is 0.236 e. The molecule has 1 fully saturated rings. The average molecular weight is 647 g/mol. The molecule has 1 saturated heterocycles. The van der Waals surface area contributed by atoms with Gasteiger partial charge in [0.2, 0.25) is 10.0 Å². The lowest BCUT2D eigenvalue weighted by Crippen LogP contribution is -2.30. The fourth-order valence-electron chi connectivity index (χ4n) is 5.11. The monoisotopic (exact) mass is 646 g/mol. The Hall–Kier alpha value is -4.41. The van der Waals surface area contributed by atoms with Crippen molar-refractivity contribution in [3.05, 3.63) is 76.5 Å². The lowest BCUT2D eigenvalue weighted by Gasteiger charge is -2.19. The Morgan fingerprint density at radius 3 is 2.56 bits per heavy atom. The highest BCUT2D eigenvalue weighted by Crippen LogP contribution is 2.39. The van der Waals surface area contributed by atoms with E-state index in [2.05, 4.69) is 18.0 Å². The molecule has 0 saturated carbocycles. The molecule has 13 heteroatoms. The van der Waals surface area contributed by atoms with Gasteiger partial charge in [-0.15, -0.1) is 0 Å². The Morgan fingerprint density at radius 1 is 1.18 bits per heavy atom. The predicted molar refractivity (Wildman–Crippen MR) is 178 cm³/mol. The molecule has 10 nitrogen and oxygen atoms in total. The maximum absolute atomic E-state index is 13.6. The molecule has 0 atom stereocenters. The van der Waals surface area contributed by atoms with Crippen LogP contribution in [0.2, 0.25) is 0 Å². The zero-order valence-corrected chi connectivity index (χ0v) is 27.6. The van der Waals surface area contributed by atoms with Gasteiger partial charge in [0.1, 0.15) is 34.0 Å². The summed E-state index contributed by atoms with van der Waals surface area (Å²) in [5, 5.41) is 15.3. The number of halogens is 1. The van der Waals surface area contributed by atoms with E-state index in [-0.39, 0.29) is 11.6 Å². The molecular formula is C32H35FN8O2S2. The van der Waals surface area contributed by atoms with Crippen LogP contribution in [-0.2, 0) is 16.4 Å². The van der Waals surface area contributed by atoms with E-state index >= 15 is 0 Å². The summed E-state index contributed by atoms with van der Waals surface area (Å²) in [7, 11) is -3.34. The van der Waals surface area contributed by atoms with E-state index in [9.17, 15) is 18.1 Å². The van der Waals surface area contributed by atoms with E-state index in [0.717, 1.165) is 28.9 Å². The number of amidine groups is 1. The summed E-state index contributed by atoms with van der Waals surface area (Å²) < 4.78 is 41.6. The third kappa shape index (κ3) is 6.53. The Balaban J connectivity index is 1.63. The molecule has 3 aromatic heterocycles. The van der Waals surface area contributed by atoms with E-state index in [4.69, 9.17) is 15.1 Å². The van der Waals surface area contributed by atoms with Gasteiger partial charge in [0.15, 0.2) is 10.8 Å². The maximum atomic E-state index is 13.6. The number of hydrogen-bond acceptors (Lipinski definition) is 9. The van der Waals surface area contributed by atoms with E-state index in [1.54, 1.807) is 29.8 Å². The minimum atomic E-state index is -3.34. The van der Waals surface area contributed by atoms with Crippen LogP contribution in [0, 0.1) is 17.1 Å². The van der Waals surface area contributed by atoms with Crippen molar-refractivity contribution in [3.8, 4) is 17.3 Å². The molecule has 234 valence electrons.